The summed E-state index contributed by atoms with van der Waals surface area (Å²) in [5.41, 5.74) is -3.18. The van der Waals surface area contributed by atoms with Gasteiger partial charge in [-0.15, -0.1) is 0 Å². The fourth-order valence-corrected chi connectivity index (χ4v) is 14.4. The highest BCUT2D eigenvalue weighted by Crippen LogP contribution is 2.70. The molecule has 18 nitrogen and oxygen atoms in total. The van der Waals surface area contributed by atoms with Crippen molar-refractivity contribution >= 4 is 17.8 Å². The van der Waals surface area contributed by atoms with E-state index >= 15 is 0 Å². The predicted molar refractivity (Wildman–Crippen MR) is 260 cm³/mol. The first-order valence-corrected chi connectivity index (χ1v) is 26.7. The van der Waals surface area contributed by atoms with Gasteiger partial charge in [0.05, 0.1) is 54.9 Å². The molecule has 4 heterocycles. The molecule has 8 aliphatic rings. The van der Waals surface area contributed by atoms with Gasteiger partial charge in [0.15, 0.2) is 25.2 Å². The van der Waals surface area contributed by atoms with Gasteiger partial charge < -0.3 is 78.0 Å². The van der Waals surface area contributed by atoms with Crippen molar-refractivity contribution in [2.75, 3.05) is 7.11 Å². The molecular formula is C55H80O18. The van der Waals surface area contributed by atoms with Crippen molar-refractivity contribution in [2.45, 2.75) is 241 Å². The Hall–Kier alpha value is -2.76. The van der Waals surface area contributed by atoms with E-state index in [2.05, 4.69) is 6.92 Å². The first-order valence-electron chi connectivity index (χ1n) is 26.7. The van der Waals surface area contributed by atoms with E-state index in [1.807, 2.05) is 43.3 Å². The molecule has 18 heteroatoms. The molecular weight excluding hydrogens is 949 g/mol. The number of carbonyl (C=O) groups is 2. The number of carbonyl (C=O) groups excluding carboxylic acids is 2. The van der Waals surface area contributed by atoms with Gasteiger partial charge in [0.2, 0.25) is 0 Å². The first-order chi connectivity index (χ1) is 34.6. The normalized spacial score (nSPS) is 49.0. The van der Waals surface area contributed by atoms with Crippen molar-refractivity contribution in [1.82, 2.24) is 0 Å². The summed E-state index contributed by atoms with van der Waals surface area (Å²) >= 11 is 0. The summed E-state index contributed by atoms with van der Waals surface area (Å²) in [6.07, 6.45) is -4.92. The lowest BCUT2D eigenvalue weighted by Gasteiger charge is -2.66. The Morgan fingerprint density at radius 2 is 1.23 bits per heavy atom. The van der Waals surface area contributed by atoms with Crippen molar-refractivity contribution < 1.29 is 87.6 Å². The van der Waals surface area contributed by atoms with E-state index in [-0.39, 0.29) is 56.8 Å². The van der Waals surface area contributed by atoms with Crippen LogP contribution in [0.5, 0.6) is 0 Å². The maximum atomic E-state index is 13.5. The molecule has 6 N–H and O–H groups in total. The molecule has 0 unspecified atom stereocenters. The monoisotopic (exact) mass is 1030 g/mol. The van der Waals surface area contributed by atoms with Crippen molar-refractivity contribution in [1.29, 1.82) is 0 Å². The number of benzene rings is 1. The van der Waals surface area contributed by atoms with Crippen LogP contribution >= 0.6 is 0 Å². The van der Waals surface area contributed by atoms with Gasteiger partial charge in [0, 0.05) is 56.1 Å². The molecule has 0 bridgehead atoms. The summed E-state index contributed by atoms with van der Waals surface area (Å²) in [6, 6.07) is 9.40. The van der Waals surface area contributed by atoms with E-state index in [0.29, 0.717) is 25.7 Å². The Labute approximate surface area is 428 Å². The van der Waals surface area contributed by atoms with E-state index in [1.54, 1.807) is 33.8 Å². The Balaban J connectivity index is 0.779. The molecule has 7 fully saturated rings. The highest BCUT2D eigenvalue weighted by Gasteiger charge is 2.77. The van der Waals surface area contributed by atoms with Crippen LogP contribution in [0.1, 0.15) is 125 Å². The molecule has 24 atom stereocenters. The lowest BCUT2D eigenvalue weighted by molar-refractivity contribution is -0.344. The first kappa shape index (κ1) is 55.0. The number of aliphatic hydroxyl groups is 6. The zero-order valence-electron chi connectivity index (χ0n) is 43.5. The summed E-state index contributed by atoms with van der Waals surface area (Å²) in [7, 11) is 1.52. The molecule has 0 amide bonds. The van der Waals surface area contributed by atoms with E-state index in [0.717, 1.165) is 11.1 Å². The Morgan fingerprint density at radius 1 is 0.699 bits per heavy atom. The molecule has 73 heavy (non-hydrogen) atoms. The van der Waals surface area contributed by atoms with E-state index in [4.69, 9.17) is 47.4 Å². The number of methoxy groups -OCH3 is 1. The van der Waals surface area contributed by atoms with Crippen molar-refractivity contribution in [3.63, 3.8) is 0 Å². The quantitative estimate of drug-likeness (QED) is 0.0923. The zero-order chi connectivity index (χ0) is 52.4. The minimum atomic E-state index is -1.71. The minimum Gasteiger partial charge on any atom is -0.458 e. The Bertz CT molecular complexity index is 2120. The fourth-order valence-electron chi connectivity index (χ4n) is 14.4. The van der Waals surface area contributed by atoms with Crippen LogP contribution in [0.4, 0.5) is 0 Å². The van der Waals surface area contributed by atoms with Gasteiger partial charge in [-0.1, -0.05) is 55.8 Å². The molecule has 0 radical (unpaired) electrons. The minimum absolute atomic E-state index is 0.0413. The number of ether oxygens (including phenoxy) is 10. The largest absolute Gasteiger partial charge is 0.458 e. The van der Waals surface area contributed by atoms with Gasteiger partial charge in [-0.05, 0) is 96.6 Å². The fraction of sp³-hybridized carbons (Fsp3) is 0.782. The number of Topliss-reactive ketones (excluding diaryl/α,β-unsaturated/α-hetero) is 1. The molecule has 4 aliphatic heterocycles. The van der Waals surface area contributed by atoms with Crippen molar-refractivity contribution in [3.05, 3.63) is 53.6 Å². The molecule has 9 rings (SSSR count). The molecule has 4 aliphatic carbocycles. The molecule has 408 valence electrons. The van der Waals surface area contributed by atoms with Crippen LogP contribution < -0.4 is 0 Å². The topological polar surface area (TPSA) is 248 Å². The maximum absolute atomic E-state index is 13.5. The predicted octanol–water partition coefficient (Wildman–Crippen LogP) is 4.16. The van der Waals surface area contributed by atoms with E-state index in [9.17, 15) is 40.2 Å². The lowest BCUT2D eigenvalue weighted by atomic mass is 9.43. The average Bonchev–Trinajstić information content (AvgIpc) is 3.64. The second kappa shape index (κ2) is 21.6. The van der Waals surface area contributed by atoms with Gasteiger partial charge in [0.25, 0.3) is 0 Å². The van der Waals surface area contributed by atoms with Gasteiger partial charge >= 0.3 is 5.97 Å². The lowest BCUT2D eigenvalue weighted by Crippen LogP contribution is -2.75. The highest BCUT2D eigenvalue weighted by molar-refractivity contribution is 5.87. The standard InChI is InChI=1S/C55H80O18/c1-28(56)36-18-21-55(63)53(36,7)42(70-43(60)15-14-33-12-10-9-11-13-33)27-41-52(6)19-17-35(22-34(52)16-20-54(41,55)62)69-44-23-37(57)49(30(3)66-44)71-45-24-38(58)50(31(4)67-45)72-46-25-39(59)51(32(5)68-46)73-47-26-40(64-8)48(61)29(2)65-47/h9-16,29-32,35-42,44-51,57-59,61-63H,17-27H2,1-8H3/b15-14+/t29-,30-,31-,32-,35-,36-,37-,38-,39-,40-,41-,42-,44+,45+,46+,47+,48-,49-,50-,51-,52+,53+,54-,55+/m1/s1. The number of hydrogen-bond acceptors (Lipinski definition) is 18. The number of ketones is 1. The third kappa shape index (κ3) is 10.3. The Morgan fingerprint density at radius 3 is 1.77 bits per heavy atom. The van der Waals surface area contributed by atoms with Crippen LogP contribution in [0, 0.1) is 22.7 Å². The van der Waals surface area contributed by atoms with E-state index < -0.39 is 144 Å². The van der Waals surface area contributed by atoms with E-state index in [1.165, 1.54) is 20.1 Å². The Kier molecular flexibility index (Phi) is 16.3. The van der Waals surface area contributed by atoms with Crippen LogP contribution in [0.15, 0.2) is 48.1 Å². The number of fused-ring (bicyclic) bond motifs is 5. The van der Waals surface area contributed by atoms with Crippen LogP contribution in [-0.2, 0) is 57.0 Å². The van der Waals surface area contributed by atoms with Crippen molar-refractivity contribution in [3.8, 4) is 0 Å². The second-order valence-electron chi connectivity index (χ2n) is 22.9. The zero-order valence-corrected chi connectivity index (χ0v) is 43.5. The van der Waals surface area contributed by atoms with Gasteiger partial charge in [-0.2, -0.15) is 0 Å². The summed E-state index contributed by atoms with van der Waals surface area (Å²) in [4.78, 5) is 26.8. The van der Waals surface area contributed by atoms with Gasteiger partial charge in [-0.3, -0.25) is 4.79 Å². The number of hydrogen-bond donors (Lipinski definition) is 6. The molecule has 0 aromatic heterocycles. The third-order valence-corrected chi connectivity index (χ3v) is 18.5. The van der Waals surface area contributed by atoms with Crippen molar-refractivity contribution in [2.24, 2.45) is 22.7 Å². The molecule has 1 aromatic carbocycles. The maximum Gasteiger partial charge on any atom is 0.331 e. The molecule has 3 saturated carbocycles. The SMILES string of the molecule is CO[C@@H]1C[C@H](O[C@H]2[C@H](O)C[C@H](O[C@H]3[C@H](O)C[C@H](O[C@H]4[C@H](O)C[C@H](O[C@@H]5CC[C@@]6(C)C(=CC[C@@]7(O)[C@@H]6C[C@@H](OC(=O)/C=C/c6ccccc6)[C@]6(C)[C@@H](C(C)=O)CC[C@]67O)C5)O[C@@H]4C)O[C@@H]3C)O[C@@H]2C)O[C@H](C)[C@H]1O. The summed E-state index contributed by atoms with van der Waals surface area (Å²) < 4.78 is 61.4. The van der Waals surface area contributed by atoms with Gasteiger partial charge in [0.1, 0.15) is 47.5 Å². The van der Waals surface area contributed by atoms with Crippen LogP contribution in [-0.4, -0.2) is 171 Å². The average molecular weight is 1030 g/mol. The molecule has 0 spiro atoms. The highest BCUT2D eigenvalue weighted by atomic mass is 16.8. The molecule has 4 saturated heterocycles. The summed E-state index contributed by atoms with van der Waals surface area (Å²) in [5, 5.41) is 70.1. The third-order valence-electron chi connectivity index (χ3n) is 18.5. The summed E-state index contributed by atoms with van der Waals surface area (Å²) in [5.74, 6) is -1.78. The number of esters is 1. The van der Waals surface area contributed by atoms with Crippen LogP contribution in [0.2, 0.25) is 0 Å². The number of aliphatic hydroxyl groups excluding tert-OH is 4. The smallest absolute Gasteiger partial charge is 0.331 e. The molecule has 1 aromatic rings. The second-order valence-corrected chi connectivity index (χ2v) is 22.9. The van der Waals surface area contributed by atoms with Crippen LogP contribution in [0.3, 0.4) is 0 Å². The van der Waals surface area contributed by atoms with Crippen LogP contribution in [0.25, 0.3) is 6.08 Å². The van der Waals surface area contributed by atoms with Gasteiger partial charge in [-0.25, -0.2) is 4.79 Å². The number of rotatable bonds is 13. The summed E-state index contributed by atoms with van der Waals surface area (Å²) in [6.45, 7) is 12.5.